The van der Waals surface area contributed by atoms with Crippen LogP contribution in [0.15, 0.2) is 18.2 Å². The molecule has 6 nitrogen and oxygen atoms in total. The molecule has 1 aliphatic heterocycles. The molecule has 0 amide bonds. The summed E-state index contributed by atoms with van der Waals surface area (Å²) in [5.74, 6) is 0.944. The smallest absolute Gasteiger partial charge is 0.401 e. The van der Waals surface area contributed by atoms with Crippen LogP contribution >= 0.6 is 0 Å². The van der Waals surface area contributed by atoms with E-state index in [-0.39, 0.29) is 13.2 Å². The molecule has 2 rings (SSSR count). The van der Waals surface area contributed by atoms with E-state index in [0.717, 1.165) is 26.2 Å². The van der Waals surface area contributed by atoms with Crippen molar-refractivity contribution in [3.05, 3.63) is 23.8 Å². The molecule has 1 atom stereocenters. The molecule has 154 valence electrons. The van der Waals surface area contributed by atoms with Gasteiger partial charge in [-0.1, -0.05) is 6.07 Å². The van der Waals surface area contributed by atoms with Gasteiger partial charge in [-0.15, -0.1) is 0 Å². The molecule has 1 aromatic rings. The lowest BCUT2D eigenvalue weighted by molar-refractivity contribution is -0.125. The molecule has 0 bridgehead atoms. The number of piperazine rings is 1. The third-order valence-corrected chi connectivity index (χ3v) is 4.41. The lowest BCUT2D eigenvalue weighted by Crippen LogP contribution is -2.47. The summed E-state index contributed by atoms with van der Waals surface area (Å²) in [6, 6.07) is 4.94. The van der Waals surface area contributed by atoms with Gasteiger partial charge in [-0.2, -0.15) is 13.2 Å². The number of nitrogens with zero attached hydrogens (tertiary/aromatic N) is 2. The van der Waals surface area contributed by atoms with Crippen LogP contribution in [0.2, 0.25) is 0 Å². The number of methoxy groups -OCH3 is 1. The molecule has 9 heteroatoms. The number of aliphatic hydroxyl groups excluding tert-OH is 1. The van der Waals surface area contributed by atoms with Crippen LogP contribution in [0, 0.1) is 0 Å². The number of aliphatic hydroxyl groups is 1. The number of hydrogen-bond donors (Lipinski definition) is 2. The number of rotatable bonds is 9. The summed E-state index contributed by atoms with van der Waals surface area (Å²) in [7, 11) is 3.57. The summed E-state index contributed by atoms with van der Waals surface area (Å²) in [4.78, 5) is 4.40. The Hall–Kier alpha value is -1.55. The second-order valence-electron chi connectivity index (χ2n) is 6.76. The fourth-order valence-corrected chi connectivity index (χ4v) is 2.85. The third-order valence-electron chi connectivity index (χ3n) is 4.41. The van der Waals surface area contributed by atoms with E-state index in [1.807, 2.05) is 0 Å². The second kappa shape index (κ2) is 10.1. The zero-order valence-corrected chi connectivity index (χ0v) is 15.8. The molecule has 2 N–H and O–H groups in total. The van der Waals surface area contributed by atoms with Crippen molar-refractivity contribution in [3.63, 3.8) is 0 Å². The van der Waals surface area contributed by atoms with Crippen molar-refractivity contribution in [1.29, 1.82) is 0 Å². The van der Waals surface area contributed by atoms with E-state index in [1.54, 1.807) is 18.2 Å². The Balaban J connectivity index is 1.88. The van der Waals surface area contributed by atoms with Gasteiger partial charge in [-0.3, -0.25) is 4.90 Å². The number of halogens is 3. The molecular weight excluding hydrogens is 363 g/mol. The first-order valence-corrected chi connectivity index (χ1v) is 8.93. The largest absolute Gasteiger partial charge is 0.497 e. The number of hydrogen-bond acceptors (Lipinski definition) is 6. The third kappa shape index (κ3) is 7.92. The maximum absolute atomic E-state index is 12.3. The Morgan fingerprint density at radius 3 is 2.56 bits per heavy atom. The normalized spacial score (nSPS) is 17.7. The maximum atomic E-state index is 12.3. The van der Waals surface area contributed by atoms with Crippen molar-refractivity contribution in [2.24, 2.45) is 0 Å². The Bertz CT molecular complexity index is 579. The summed E-state index contributed by atoms with van der Waals surface area (Å²) < 4.78 is 47.8. The van der Waals surface area contributed by atoms with Crippen LogP contribution in [0.25, 0.3) is 0 Å². The fourth-order valence-electron chi connectivity index (χ4n) is 2.85. The van der Waals surface area contributed by atoms with Crippen LogP contribution in [0.5, 0.6) is 11.5 Å². The molecule has 1 saturated heterocycles. The maximum Gasteiger partial charge on any atom is 0.401 e. The Kier molecular flexibility index (Phi) is 8.15. The van der Waals surface area contributed by atoms with Crippen molar-refractivity contribution >= 4 is 0 Å². The molecule has 1 aromatic carbocycles. The number of alkyl halides is 3. The summed E-state index contributed by atoms with van der Waals surface area (Å²) >= 11 is 0. The highest BCUT2D eigenvalue weighted by Crippen LogP contribution is 2.25. The minimum Gasteiger partial charge on any atom is -0.497 e. The standard InChI is InChI=1S/C18H28F3N3O3/c1-23-5-7-24(8-6-23)11-15(25)12-27-17-9-16(26-2)4-3-14(17)10-22-13-18(19,20)21/h3-4,9,15,22,25H,5-8,10-13H2,1-2H3. The van der Waals surface area contributed by atoms with Crippen LogP contribution in [0.4, 0.5) is 13.2 Å². The Morgan fingerprint density at radius 1 is 1.22 bits per heavy atom. The predicted octanol–water partition coefficient (Wildman–Crippen LogP) is 1.33. The van der Waals surface area contributed by atoms with E-state index in [9.17, 15) is 18.3 Å². The zero-order valence-electron chi connectivity index (χ0n) is 15.8. The molecule has 0 radical (unpaired) electrons. The van der Waals surface area contributed by atoms with Gasteiger partial charge in [0.25, 0.3) is 0 Å². The topological polar surface area (TPSA) is 57.2 Å². The fraction of sp³-hybridized carbons (Fsp3) is 0.667. The van der Waals surface area contributed by atoms with E-state index < -0.39 is 18.8 Å². The quantitative estimate of drug-likeness (QED) is 0.663. The summed E-state index contributed by atoms with van der Waals surface area (Å²) in [6.45, 7) is 3.18. The van der Waals surface area contributed by atoms with Gasteiger partial charge in [0.15, 0.2) is 0 Å². The van der Waals surface area contributed by atoms with Crippen molar-refractivity contribution in [1.82, 2.24) is 15.1 Å². The van der Waals surface area contributed by atoms with Crippen molar-refractivity contribution < 1.29 is 27.8 Å². The molecule has 1 heterocycles. The SMILES string of the molecule is COc1ccc(CNCC(F)(F)F)c(OCC(O)CN2CCN(C)CC2)c1. The van der Waals surface area contributed by atoms with Crippen LogP contribution in [0.1, 0.15) is 5.56 Å². The summed E-state index contributed by atoms with van der Waals surface area (Å²) in [5.41, 5.74) is 0.576. The Labute approximate surface area is 157 Å². The average molecular weight is 391 g/mol. The van der Waals surface area contributed by atoms with E-state index in [0.29, 0.717) is 23.6 Å². The molecule has 1 unspecified atom stereocenters. The number of β-amino-alcohol motifs (C(OH)–C–C–N with tert-alkyl or cyclic N) is 1. The molecule has 27 heavy (non-hydrogen) atoms. The highest BCUT2D eigenvalue weighted by Gasteiger charge is 2.26. The summed E-state index contributed by atoms with van der Waals surface area (Å²) in [5, 5.41) is 12.6. The molecular formula is C18H28F3N3O3. The van der Waals surface area contributed by atoms with Gasteiger partial charge in [0.2, 0.25) is 0 Å². The van der Waals surface area contributed by atoms with Crippen LogP contribution in [-0.2, 0) is 6.54 Å². The molecule has 0 saturated carbocycles. The van der Waals surface area contributed by atoms with E-state index in [2.05, 4.69) is 22.2 Å². The first-order valence-electron chi connectivity index (χ1n) is 8.93. The molecule has 0 aliphatic carbocycles. The van der Waals surface area contributed by atoms with Crippen LogP contribution in [0.3, 0.4) is 0 Å². The van der Waals surface area contributed by atoms with Gasteiger partial charge < -0.3 is 24.8 Å². The Morgan fingerprint density at radius 2 is 1.93 bits per heavy atom. The number of ether oxygens (including phenoxy) is 2. The number of likely N-dealkylation sites (N-methyl/N-ethyl adjacent to an activating group) is 1. The lowest BCUT2D eigenvalue weighted by atomic mass is 10.2. The van der Waals surface area contributed by atoms with Crippen molar-refractivity contribution in [3.8, 4) is 11.5 Å². The molecule has 0 spiro atoms. The van der Waals surface area contributed by atoms with Gasteiger partial charge in [-0.25, -0.2) is 0 Å². The molecule has 0 aromatic heterocycles. The van der Waals surface area contributed by atoms with E-state index in [1.165, 1.54) is 7.11 Å². The van der Waals surface area contributed by atoms with E-state index >= 15 is 0 Å². The highest BCUT2D eigenvalue weighted by atomic mass is 19.4. The average Bonchev–Trinajstić information content (AvgIpc) is 2.61. The lowest BCUT2D eigenvalue weighted by Gasteiger charge is -2.33. The second-order valence-corrected chi connectivity index (χ2v) is 6.76. The molecule has 1 aliphatic rings. The van der Waals surface area contributed by atoms with Crippen LogP contribution in [-0.4, -0.2) is 87.2 Å². The van der Waals surface area contributed by atoms with Gasteiger partial charge in [0, 0.05) is 50.9 Å². The van der Waals surface area contributed by atoms with Crippen LogP contribution < -0.4 is 14.8 Å². The first-order chi connectivity index (χ1) is 12.8. The summed E-state index contributed by atoms with van der Waals surface area (Å²) in [6.07, 6.45) is -4.96. The minimum absolute atomic E-state index is 0.00733. The highest BCUT2D eigenvalue weighted by molar-refractivity contribution is 5.40. The number of benzene rings is 1. The van der Waals surface area contributed by atoms with Crippen molar-refractivity contribution in [2.75, 3.05) is 60.0 Å². The molecule has 1 fully saturated rings. The van der Waals surface area contributed by atoms with E-state index in [4.69, 9.17) is 9.47 Å². The minimum atomic E-state index is -4.27. The van der Waals surface area contributed by atoms with Crippen molar-refractivity contribution in [2.45, 2.75) is 18.8 Å². The number of nitrogens with one attached hydrogen (secondary N) is 1. The monoisotopic (exact) mass is 391 g/mol. The van der Waals surface area contributed by atoms with Gasteiger partial charge >= 0.3 is 6.18 Å². The zero-order chi connectivity index (χ0) is 19.9. The van der Waals surface area contributed by atoms with Gasteiger partial charge in [-0.05, 0) is 13.1 Å². The predicted molar refractivity (Wildman–Crippen MR) is 96.2 cm³/mol. The van der Waals surface area contributed by atoms with Gasteiger partial charge in [0.1, 0.15) is 24.2 Å². The first kappa shape index (κ1) is 21.7. The van der Waals surface area contributed by atoms with Gasteiger partial charge in [0.05, 0.1) is 13.7 Å².